The van der Waals surface area contributed by atoms with Crippen LogP contribution < -0.4 is 0 Å². The lowest BCUT2D eigenvalue weighted by atomic mass is 9.46. The van der Waals surface area contributed by atoms with Crippen LogP contribution in [0.15, 0.2) is 23.8 Å². The first kappa shape index (κ1) is 18.6. The number of carbonyl (C=O) groups is 1. The average molecular weight is 350 g/mol. The standard InChI is InChI=1S/C20H30O5/c1-12-4-7-16-19(2,9-8-17(23)20(16,3)11-21)14(12)6-5-13-15(22)10-25-18(13)24/h5,14-17,21-23H,1,4,6-11H2,2-3H3/b13-5-/t14-,15-,16-,17-,19+,20-/m1/s1. The number of carbonyl (C=O) groups excluding carboxylic acids is 1. The summed E-state index contributed by atoms with van der Waals surface area (Å²) in [4.78, 5) is 11.8. The maximum Gasteiger partial charge on any atom is 0.336 e. The maximum absolute atomic E-state index is 11.8. The molecule has 0 bridgehead atoms. The molecule has 3 N–H and O–H groups in total. The van der Waals surface area contributed by atoms with Crippen LogP contribution in [0.3, 0.4) is 0 Å². The van der Waals surface area contributed by atoms with Gasteiger partial charge in [0.15, 0.2) is 0 Å². The van der Waals surface area contributed by atoms with Crippen LogP contribution >= 0.6 is 0 Å². The molecule has 6 atom stereocenters. The summed E-state index contributed by atoms with van der Waals surface area (Å²) in [6, 6.07) is 0. The minimum Gasteiger partial charge on any atom is -0.459 e. The van der Waals surface area contributed by atoms with Crippen molar-refractivity contribution in [3.8, 4) is 0 Å². The van der Waals surface area contributed by atoms with E-state index in [0.717, 1.165) is 24.8 Å². The Morgan fingerprint density at radius 3 is 2.64 bits per heavy atom. The lowest BCUT2D eigenvalue weighted by Gasteiger charge is -2.59. The van der Waals surface area contributed by atoms with E-state index in [1.807, 2.05) is 13.0 Å². The molecule has 0 aromatic rings. The van der Waals surface area contributed by atoms with Gasteiger partial charge < -0.3 is 20.1 Å². The van der Waals surface area contributed by atoms with Crippen molar-refractivity contribution in [2.45, 2.75) is 58.2 Å². The number of rotatable bonds is 3. The summed E-state index contributed by atoms with van der Waals surface area (Å²) in [5, 5.41) is 30.4. The zero-order chi connectivity index (χ0) is 18.4. The second-order valence-corrected chi connectivity index (χ2v) is 8.54. The van der Waals surface area contributed by atoms with Crippen LogP contribution in [-0.2, 0) is 9.53 Å². The number of cyclic esters (lactones) is 1. The lowest BCUT2D eigenvalue weighted by Crippen LogP contribution is -2.57. The maximum atomic E-state index is 11.8. The van der Waals surface area contributed by atoms with Gasteiger partial charge in [0.2, 0.25) is 0 Å². The van der Waals surface area contributed by atoms with E-state index >= 15 is 0 Å². The Morgan fingerprint density at radius 1 is 1.32 bits per heavy atom. The first-order chi connectivity index (χ1) is 11.7. The van der Waals surface area contributed by atoms with Crippen molar-refractivity contribution < 1.29 is 24.9 Å². The fourth-order valence-electron chi connectivity index (χ4n) is 5.56. The van der Waals surface area contributed by atoms with Crippen LogP contribution in [0.25, 0.3) is 0 Å². The molecular weight excluding hydrogens is 320 g/mol. The molecule has 0 aromatic heterocycles. The van der Waals surface area contributed by atoms with E-state index in [1.165, 1.54) is 0 Å². The highest BCUT2D eigenvalue weighted by molar-refractivity contribution is 5.91. The molecular formula is C20H30O5. The first-order valence-corrected chi connectivity index (χ1v) is 9.26. The second-order valence-electron chi connectivity index (χ2n) is 8.54. The van der Waals surface area contributed by atoms with E-state index in [-0.39, 0.29) is 30.5 Å². The highest BCUT2D eigenvalue weighted by atomic mass is 16.6. The summed E-state index contributed by atoms with van der Waals surface area (Å²) in [6.07, 6.45) is 4.42. The van der Waals surface area contributed by atoms with Gasteiger partial charge in [-0.1, -0.05) is 32.1 Å². The van der Waals surface area contributed by atoms with Crippen molar-refractivity contribution in [1.82, 2.24) is 0 Å². The van der Waals surface area contributed by atoms with E-state index in [4.69, 9.17) is 4.74 Å². The molecule has 1 heterocycles. The van der Waals surface area contributed by atoms with Crippen molar-refractivity contribution in [3.63, 3.8) is 0 Å². The van der Waals surface area contributed by atoms with Crippen molar-refractivity contribution >= 4 is 5.97 Å². The normalized spacial score (nSPS) is 46.2. The second kappa shape index (κ2) is 6.53. The van der Waals surface area contributed by atoms with Gasteiger partial charge in [0, 0.05) is 5.41 Å². The third-order valence-electron chi connectivity index (χ3n) is 7.23. The van der Waals surface area contributed by atoms with Gasteiger partial charge in [0.25, 0.3) is 0 Å². The fourth-order valence-corrected chi connectivity index (χ4v) is 5.56. The van der Waals surface area contributed by atoms with Crippen LogP contribution in [0, 0.1) is 22.7 Å². The third-order valence-corrected chi connectivity index (χ3v) is 7.23. The number of esters is 1. The van der Waals surface area contributed by atoms with Gasteiger partial charge >= 0.3 is 5.97 Å². The molecule has 0 aromatic carbocycles. The van der Waals surface area contributed by atoms with E-state index in [9.17, 15) is 20.1 Å². The van der Waals surface area contributed by atoms with Crippen LogP contribution in [-0.4, -0.2) is 46.7 Å². The number of aliphatic hydroxyl groups excluding tert-OH is 3. The van der Waals surface area contributed by atoms with Gasteiger partial charge in [-0.25, -0.2) is 4.79 Å². The highest BCUT2D eigenvalue weighted by Gasteiger charge is 2.57. The third kappa shape index (κ3) is 2.86. The van der Waals surface area contributed by atoms with Crippen molar-refractivity contribution in [2.24, 2.45) is 22.7 Å². The van der Waals surface area contributed by atoms with Gasteiger partial charge in [-0.3, -0.25) is 0 Å². The Morgan fingerprint density at radius 2 is 2.04 bits per heavy atom. The SMILES string of the molecule is C=C1CC[C@H]2[C@@](C)(CO)[C@H](O)CC[C@@]2(C)[C@@H]1C/C=C1\C(=O)OC[C@H]1O. The average Bonchev–Trinajstić information content (AvgIpc) is 2.89. The molecule has 2 saturated carbocycles. The van der Waals surface area contributed by atoms with Gasteiger partial charge in [0.1, 0.15) is 12.7 Å². The van der Waals surface area contributed by atoms with Gasteiger partial charge in [0.05, 0.1) is 18.3 Å². The van der Waals surface area contributed by atoms with E-state index in [0.29, 0.717) is 18.4 Å². The number of fused-ring (bicyclic) bond motifs is 1. The molecule has 3 aliphatic rings. The Hall–Kier alpha value is -1.17. The summed E-state index contributed by atoms with van der Waals surface area (Å²) >= 11 is 0. The molecule has 3 rings (SSSR count). The van der Waals surface area contributed by atoms with Crippen molar-refractivity contribution in [2.75, 3.05) is 13.2 Å². The minimum atomic E-state index is -0.844. The van der Waals surface area contributed by atoms with E-state index < -0.39 is 23.6 Å². The first-order valence-electron chi connectivity index (χ1n) is 9.26. The summed E-state index contributed by atoms with van der Waals surface area (Å²) in [7, 11) is 0. The fraction of sp³-hybridized carbons (Fsp3) is 0.750. The minimum absolute atomic E-state index is 0.0280. The predicted molar refractivity (Wildman–Crippen MR) is 93.6 cm³/mol. The summed E-state index contributed by atoms with van der Waals surface area (Å²) in [6.45, 7) is 8.50. The van der Waals surface area contributed by atoms with Crippen LogP contribution in [0.4, 0.5) is 0 Å². The molecule has 140 valence electrons. The number of aliphatic hydroxyl groups is 3. The number of ether oxygens (including phenoxy) is 1. The van der Waals surface area contributed by atoms with Crippen LogP contribution in [0.1, 0.15) is 46.0 Å². The quantitative estimate of drug-likeness (QED) is 0.411. The molecule has 0 unspecified atom stereocenters. The molecule has 0 spiro atoms. The van der Waals surface area contributed by atoms with Crippen molar-refractivity contribution in [1.29, 1.82) is 0 Å². The zero-order valence-corrected chi connectivity index (χ0v) is 15.2. The molecule has 1 saturated heterocycles. The molecule has 5 nitrogen and oxygen atoms in total. The Balaban J connectivity index is 1.89. The lowest BCUT2D eigenvalue weighted by molar-refractivity contribution is -0.151. The largest absolute Gasteiger partial charge is 0.459 e. The summed E-state index contributed by atoms with van der Waals surface area (Å²) < 4.78 is 4.90. The monoisotopic (exact) mass is 350 g/mol. The molecule has 5 heteroatoms. The van der Waals surface area contributed by atoms with Crippen molar-refractivity contribution in [3.05, 3.63) is 23.8 Å². The summed E-state index contributed by atoms with van der Waals surface area (Å²) in [5.74, 6) is -0.0734. The number of allylic oxidation sites excluding steroid dienone is 2. The Kier molecular flexibility index (Phi) is 4.86. The van der Waals surface area contributed by atoms with E-state index in [2.05, 4.69) is 13.5 Å². The molecule has 0 radical (unpaired) electrons. The van der Waals surface area contributed by atoms with Crippen LogP contribution in [0.2, 0.25) is 0 Å². The Labute approximate surface area is 149 Å². The predicted octanol–water partition coefficient (Wildman–Crippen LogP) is 1.96. The Bertz CT molecular complexity index is 597. The highest BCUT2D eigenvalue weighted by Crippen LogP contribution is 2.61. The molecule has 3 fully saturated rings. The number of hydrogen-bond acceptors (Lipinski definition) is 5. The molecule has 1 aliphatic heterocycles. The van der Waals surface area contributed by atoms with Gasteiger partial charge in [-0.05, 0) is 49.4 Å². The summed E-state index contributed by atoms with van der Waals surface area (Å²) in [5.41, 5.74) is 0.911. The molecule has 0 amide bonds. The molecule has 25 heavy (non-hydrogen) atoms. The van der Waals surface area contributed by atoms with Gasteiger partial charge in [-0.2, -0.15) is 0 Å². The number of hydrogen-bond donors (Lipinski definition) is 3. The van der Waals surface area contributed by atoms with Crippen LogP contribution in [0.5, 0.6) is 0 Å². The smallest absolute Gasteiger partial charge is 0.336 e. The topological polar surface area (TPSA) is 87.0 Å². The molecule has 2 aliphatic carbocycles. The zero-order valence-electron chi connectivity index (χ0n) is 15.2. The van der Waals surface area contributed by atoms with Gasteiger partial charge in [-0.15, -0.1) is 0 Å². The van der Waals surface area contributed by atoms with E-state index in [1.54, 1.807) is 0 Å².